The van der Waals surface area contributed by atoms with Crippen molar-refractivity contribution < 1.29 is 14.3 Å². The van der Waals surface area contributed by atoms with Crippen molar-refractivity contribution in [1.29, 1.82) is 0 Å². The lowest BCUT2D eigenvalue weighted by Gasteiger charge is -2.32. The molecule has 3 rings (SSSR count). The van der Waals surface area contributed by atoms with Crippen molar-refractivity contribution in [2.45, 2.75) is 25.9 Å². The normalized spacial score (nSPS) is 17.0. The second kappa shape index (κ2) is 7.83. The molecular formula is C18H22N4O3. The molecule has 1 aromatic carbocycles. The Bertz CT molecular complexity index is 738. The van der Waals surface area contributed by atoms with E-state index in [0.717, 1.165) is 24.1 Å². The Morgan fingerprint density at radius 2 is 2.24 bits per heavy atom. The van der Waals surface area contributed by atoms with E-state index in [1.165, 1.54) is 7.11 Å². The highest BCUT2D eigenvalue weighted by atomic mass is 16.5. The van der Waals surface area contributed by atoms with Gasteiger partial charge in [0, 0.05) is 24.5 Å². The molecule has 1 aromatic heterocycles. The monoisotopic (exact) mass is 342 g/mol. The highest BCUT2D eigenvalue weighted by Crippen LogP contribution is 2.19. The van der Waals surface area contributed by atoms with Crippen molar-refractivity contribution in [2.24, 2.45) is 0 Å². The van der Waals surface area contributed by atoms with E-state index in [0.29, 0.717) is 19.0 Å². The molecule has 1 aliphatic heterocycles. The van der Waals surface area contributed by atoms with Crippen molar-refractivity contribution in [1.82, 2.24) is 14.9 Å². The summed E-state index contributed by atoms with van der Waals surface area (Å²) < 4.78 is 10.9. The molecule has 0 radical (unpaired) electrons. The van der Waals surface area contributed by atoms with Crippen LogP contribution in [0, 0.1) is 6.92 Å². The average Bonchev–Trinajstić information content (AvgIpc) is 2.62. The number of urea groups is 1. The van der Waals surface area contributed by atoms with Crippen LogP contribution >= 0.6 is 0 Å². The van der Waals surface area contributed by atoms with Crippen LogP contribution < -0.4 is 14.8 Å². The number of nitrogens with one attached hydrogen (secondary N) is 1. The number of carbonyl (C=O) groups excluding carboxylic acids is 1. The number of likely N-dealkylation sites (tertiary alicyclic amines) is 1. The summed E-state index contributed by atoms with van der Waals surface area (Å²) in [5, 5.41) is 2.94. The molecule has 1 N–H and O–H groups in total. The van der Waals surface area contributed by atoms with E-state index in [-0.39, 0.29) is 18.1 Å². The van der Waals surface area contributed by atoms with Gasteiger partial charge in [0.1, 0.15) is 6.10 Å². The molecule has 7 nitrogen and oxygen atoms in total. The molecule has 0 saturated carbocycles. The first-order valence-electron chi connectivity index (χ1n) is 8.30. The number of anilines is 1. The van der Waals surface area contributed by atoms with Crippen molar-refractivity contribution in [3.8, 4) is 11.9 Å². The van der Waals surface area contributed by atoms with Gasteiger partial charge in [-0.2, -0.15) is 4.98 Å². The van der Waals surface area contributed by atoms with Crippen molar-refractivity contribution in [2.75, 3.05) is 25.5 Å². The number of hydrogen-bond donors (Lipinski definition) is 1. The zero-order valence-corrected chi connectivity index (χ0v) is 14.4. The number of methoxy groups -OCH3 is 1. The lowest BCUT2D eigenvalue weighted by atomic mass is 10.1. The third kappa shape index (κ3) is 4.59. The molecule has 0 aliphatic carbocycles. The molecule has 2 heterocycles. The van der Waals surface area contributed by atoms with Gasteiger partial charge in [-0.15, -0.1) is 0 Å². The predicted octanol–water partition coefficient (Wildman–Crippen LogP) is 2.87. The van der Waals surface area contributed by atoms with Gasteiger partial charge in [0.2, 0.25) is 5.88 Å². The molecule has 1 fully saturated rings. The number of nitrogens with zero attached hydrogens (tertiary/aromatic N) is 3. The van der Waals surface area contributed by atoms with Gasteiger partial charge in [0.05, 0.1) is 13.7 Å². The third-order valence-corrected chi connectivity index (χ3v) is 4.01. The number of carbonyl (C=O) groups is 1. The topological polar surface area (TPSA) is 76.6 Å². The van der Waals surface area contributed by atoms with Gasteiger partial charge in [0.15, 0.2) is 0 Å². The number of hydrogen-bond acceptors (Lipinski definition) is 5. The molecule has 1 unspecified atom stereocenters. The maximum Gasteiger partial charge on any atom is 0.321 e. The quantitative estimate of drug-likeness (QED) is 0.924. The molecule has 2 aromatic rings. The Kier molecular flexibility index (Phi) is 5.33. The number of benzene rings is 1. The van der Waals surface area contributed by atoms with Crippen molar-refractivity contribution >= 4 is 11.7 Å². The molecule has 7 heteroatoms. The van der Waals surface area contributed by atoms with Gasteiger partial charge in [-0.05, 0) is 37.5 Å². The van der Waals surface area contributed by atoms with Gasteiger partial charge in [-0.3, -0.25) is 0 Å². The van der Waals surface area contributed by atoms with E-state index >= 15 is 0 Å². The second-order valence-electron chi connectivity index (χ2n) is 6.01. The van der Waals surface area contributed by atoms with E-state index in [1.54, 1.807) is 17.2 Å². The minimum absolute atomic E-state index is 0.100. The Morgan fingerprint density at radius 3 is 3.04 bits per heavy atom. The van der Waals surface area contributed by atoms with Gasteiger partial charge in [0.25, 0.3) is 0 Å². The molecule has 1 saturated heterocycles. The summed E-state index contributed by atoms with van der Waals surface area (Å²) in [4.78, 5) is 22.4. The number of rotatable bonds is 4. The summed E-state index contributed by atoms with van der Waals surface area (Å²) in [6.45, 7) is 3.23. The lowest BCUT2D eigenvalue weighted by molar-refractivity contribution is 0.102. The van der Waals surface area contributed by atoms with Gasteiger partial charge >= 0.3 is 12.0 Å². The highest BCUT2D eigenvalue weighted by molar-refractivity contribution is 5.89. The van der Waals surface area contributed by atoms with Crippen LogP contribution in [0.25, 0.3) is 0 Å². The molecule has 0 bridgehead atoms. The maximum absolute atomic E-state index is 12.5. The molecule has 0 spiro atoms. The number of amides is 2. The van der Waals surface area contributed by atoms with E-state index < -0.39 is 0 Å². The highest BCUT2D eigenvalue weighted by Gasteiger charge is 2.25. The zero-order valence-electron chi connectivity index (χ0n) is 14.4. The van der Waals surface area contributed by atoms with E-state index in [1.807, 2.05) is 31.2 Å². The van der Waals surface area contributed by atoms with Crippen LogP contribution in [0.1, 0.15) is 18.4 Å². The Morgan fingerprint density at radius 1 is 1.36 bits per heavy atom. The van der Waals surface area contributed by atoms with E-state index in [4.69, 9.17) is 9.47 Å². The number of aryl methyl sites for hydroxylation is 1. The summed E-state index contributed by atoms with van der Waals surface area (Å²) in [5.74, 6) is 0.456. The first-order chi connectivity index (χ1) is 12.1. The van der Waals surface area contributed by atoms with Crippen LogP contribution in [0.2, 0.25) is 0 Å². The smallest absolute Gasteiger partial charge is 0.321 e. The fourth-order valence-corrected chi connectivity index (χ4v) is 2.80. The minimum Gasteiger partial charge on any atom is -0.472 e. The Balaban J connectivity index is 1.59. The minimum atomic E-state index is -0.112. The third-order valence-electron chi connectivity index (χ3n) is 4.01. The van der Waals surface area contributed by atoms with Crippen LogP contribution in [0.4, 0.5) is 10.5 Å². The molecule has 1 aliphatic rings. The first kappa shape index (κ1) is 17.0. The molecular weight excluding hydrogens is 320 g/mol. The van der Waals surface area contributed by atoms with Crippen LogP contribution in [0.3, 0.4) is 0 Å². The van der Waals surface area contributed by atoms with Crippen LogP contribution in [0.15, 0.2) is 36.5 Å². The van der Waals surface area contributed by atoms with Gasteiger partial charge in [-0.1, -0.05) is 12.1 Å². The summed E-state index contributed by atoms with van der Waals surface area (Å²) in [7, 11) is 1.51. The summed E-state index contributed by atoms with van der Waals surface area (Å²) >= 11 is 0. The fourth-order valence-electron chi connectivity index (χ4n) is 2.80. The first-order valence-corrected chi connectivity index (χ1v) is 8.30. The van der Waals surface area contributed by atoms with E-state index in [2.05, 4.69) is 15.3 Å². The van der Waals surface area contributed by atoms with Crippen LogP contribution in [-0.2, 0) is 0 Å². The molecule has 2 amide bonds. The van der Waals surface area contributed by atoms with Crippen molar-refractivity contribution in [3.05, 3.63) is 42.1 Å². The molecule has 1 atom stereocenters. The largest absolute Gasteiger partial charge is 0.472 e. The summed E-state index contributed by atoms with van der Waals surface area (Å²) in [6.07, 6.45) is 3.25. The number of aromatic nitrogens is 2. The van der Waals surface area contributed by atoms with Gasteiger partial charge in [-0.25, -0.2) is 9.78 Å². The Hall–Kier alpha value is -2.83. The second-order valence-corrected chi connectivity index (χ2v) is 6.01. The van der Waals surface area contributed by atoms with Crippen molar-refractivity contribution in [3.63, 3.8) is 0 Å². The van der Waals surface area contributed by atoms with E-state index in [9.17, 15) is 4.79 Å². The van der Waals surface area contributed by atoms with Crippen LogP contribution in [0.5, 0.6) is 11.9 Å². The molecule has 25 heavy (non-hydrogen) atoms. The average molecular weight is 342 g/mol. The molecule has 132 valence electrons. The SMILES string of the molecule is COc1nccc(OC2CCCN(C(=O)Nc3cccc(C)c3)C2)n1. The van der Waals surface area contributed by atoms with Gasteiger partial charge < -0.3 is 19.7 Å². The fraction of sp³-hybridized carbons (Fsp3) is 0.389. The Labute approximate surface area is 147 Å². The summed E-state index contributed by atoms with van der Waals surface area (Å²) in [5.41, 5.74) is 1.91. The predicted molar refractivity (Wildman–Crippen MR) is 94.0 cm³/mol. The standard InChI is InChI=1S/C18H22N4O3/c1-13-5-3-6-14(11-13)20-18(23)22-10-4-7-15(12-22)25-16-8-9-19-17(21-16)24-2/h3,5-6,8-9,11,15H,4,7,10,12H2,1-2H3,(H,20,23). The van der Waals surface area contributed by atoms with Crippen LogP contribution in [-0.4, -0.2) is 47.2 Å². The lowest BCUT2D eigenvalue weighted by Crippen LogP contribution is -2.46. The number of ether oxygens (including phenoxy) is 2. The maximum atomic E-state index is 12.5. The number of piperidine rings is 1. The zero-order chi connectivity index (χ0) is 17.6. The summed E-state index contributed by atoms with van der Waals surface area (Å²) in [6, 6.07) is 9.60.